The molecule has 0 fully saturated rings. The highest BCUT2D eigenvalue weighted by atomic mass is 32.2. The van der Waals surface area contributed by atoms with E-state index in [1.807, 2.05) is 38.1 Å². The molecule has 1 N–H and O–H groups in total. The maximum Gasteiger partial charge on any atom is 0.252 e. The molecule has 0 aliphatic rings. The molecule has 0 bridgehead atoms. The minimum absolute atomic E-state index is 0.142. The fourth-order valence-corrected chi connectivity index (χ4v) is 5.91. The molecule has 8 heteroatoms. The zero-order valence-electron chi connectivity index (χ0n) is 16.1. The largest absolute Gasteiger partial charge is 0.497 e. The molecule has 0 saturated carbocycles. The average Bonchev–Trinajstić information content (AvgIpc) is 3.11. The Morgan fingerprint density at radius 2 is 1.89 bits per heavy atom. The van der Waals surface area contributed by atoms with Gasteiger partial charge in [-0.2, -0.15) is 4.31 Å². The topological polar surface area (TPSA) is 75.7 Å². The first-order valence-electron chi connectivity index (χ1n) is 8.75. The lowest BCUT2D eigenvalue weighted by Crippen LogP contribution is -2.39. The normalized spacial score (nSPS) is 12.8. The number of carbonyl (C=O) groups excluding carboxylic acids is 1. The van der Waals surface area contributed by atoms with E-state index in [2.05, 4.69) is 5.32 Å². The van der Waals surface area contributed by atoms with Gasteiger partial charge in [0, 0.05) is 24.4 Å². The van der Waals surface area contributed by atoms with Crippen LogP contribution in [0.3, 0.4) is 0 Å². The third-order valence-electron chi connectivity index (χ3n) is 4.20. The van der Waals surface area contributed by atoms with Crippen LogP contribution in [0.2, 0.25) is 0 Å². The van der Waals surface area contributed by atoms with E-state index in [0.29, 0.717) is 23.7 Å². The van der Waals surface area contributed by atoms with Gasteiger partial charge in [-0.15, -0.1) is 11.3 Å². The van der Waals surface area contributed by atoms with Crippen LogP contribution in [0.5, 0.6) is 5.75 Å². The molecule has 0 radical (unpaired) electrons. The van der Waals surface area contributed by atoms with Crippen molar-refractivity contribution in [1.82, 2.24) is 9.62 Å². The molecule has 0 spiro atoms. The predicted molar refractivity (Wildman–Crippen MR) is 108 cm³/mol. The number of amides is 1. The van der Waals surface area contributed by atoms with Crippen molar-refractivity contribution in [1.29, 1.82) is 0 Å². The third-order valence-corrected chi connectivity index (χ3v) is 7.85. The summed E-state index contributed by atoms with van der Waals surface area (Å²) in [5.41, 5.74) is 1.05. The van der Waals surface area contributed by atoms with Crippen LogP contribution in [0.25, 0.3) is 0 Å². The van der Waals surface area contributed by atoms with E-state index in [0.717, 1.165) is 16.2 Å². The van der Waals surface area contributed by atoms with Crippen LogP contribution in [0.4, 0.5) is 0 Å². The summed E-state index contributed by atoms with van der Waals surface area (Å²) < 4.78 is 33.1. The van der Waals surface area contributed by atoms with Gasteiger partial charge >= 0.3 is 0 Å². The van der Waals surface area contributed by atoms with Crippen LogP contribution in [0.1, 0.15) is 31.2 Å². The van der Waals surface area contributed by atoms with Crippen LogP contribution >= 0.6 is 11.3 Å². The smallest absolute Gasteiger partial charge is 0.252 e. The number of ether oxygens (including phenoxy) is 1. The Morgan fingerprint density at radius 1 is 1.22 bits per heavy atom. The van der Waals surface area contributed by atoms with Gasteiger partial charge in [-0.25, -0.2) is 8.42 Å². The Bertz CT molecular complexity index is 860. The van der Waals surface area contributed by atoms with E-state index in [1.54, 1.807) is 19.2 Å². The molecular formula is C19H26N2O4S2. The van der Waals surface area contributed by atoms with Crippen molar-refractivity contribution in [2.75, 3.05) is 13.7 Å². The van der Waals surface area contributed by atoms with Gasteiger partial charge in [0.15, 0.2) is 0 Å². The Balaban J connectivity index is 2.14. The highest BCUT2D eigenvalue weighted by Crippen LogP contribution is 2.27. The number of carbonyl (C=O) groups is 1. The second-order valence-corrected chi connectivity index (χ2v) is 9.53. The number of methoxy groups -OCH3 is 1. The van der Waals surface area contributed by atoms with Crippen LogP contribution in [0.15, 0.2) is 40.6 Å². The average molecular weight is 411 g/mol. The Kier molecular flexibility index (Phi) is 7.41. The van der Waals surface area contributed by atoms with Gasteiger partial charge in [0.05, 0.1) is 13.7 Å². The van der Waals surface area contributed by atoms with Crippen molar-refractivity contribution in [2.24, 2.45) is 0 Å². The van der Waals surface area contributed by atoms with Gasteiger partial charge in [0.1, 0.15) is 9.96 Å². The number of nitrogens with zero attached hydrogens (tertiary/aromatic N) is 1. The summed E-state index contributed by atoms with van der Waals surface area (Å²) in [5.74, 6) is 0.632. The van der Waals surface area contributed by atoms with Crippen molar-refractivity contribution in [3.63, 3.8) is 0 Å². The molecule has 1 atom stereocenters. The van der Waals surface area contributed by atoms with E-state index in [-0.39, 0.29) is 11.9 Å². The van der Waals surface area contributed by atoms with Crippen molar-refractivity contribution in [3.8, 4) is 5.75 Å². The highest BCUT2D eigenvalue weighted by Gasteiger charge is 2.29. The van der Waals surface area contributed by atoms with Crippen molar-refractivity contribution in [2.45, 2.75) is 44.0 Å². The summed E-state index contributed by atoms with van der Waals surface area (Å²) in [5, 5.41) is 2.69. The maximum atomic E-state index is 13.1. The van der Waals surface area contributed by atoms with Gasteiger partial charge in [0.2, 0.25) is 5.91 Å². The number of sulfonamides is 1. The summed E-state index contributed by atoms with van der Waals surface area (Å²) >= 11 is 1.19. The van der Waals surface area contributed by atoms with Gasteiger partial charge < -0.3 is 10.1 Å². The molecule has 1 aromatic carbocycles. The van der Waals surface area contributed by atoms with Crippen molar-refractivity contribution in [3.05, 3.63) is 46.8 Å². The van der Waals surface area contributed by atoms with Crippen LogP contribution < -0.4 is 10.1 Å². The number of likely N-dealkylation sites (N-methyl/N-ethyl adjacent to an activating group) is 1. The molecular weight excluding hydrogens is 384 g/mol. The summed E-state index contributed by atoms with van der Waals surface area (Å²) in [7, 11) is -1.97. The first-order valence-corrected chi connectivity index (χ1v) is 11.0. The number of benzene rings is 1. The number of hydrogen-bond acceptors (Lipinski definition) is 5. The summed E-state index contributed by atoms with van der Waals surface area (Å²) in [6, 6.07) is 10.8. The van der Waals surface area contributed by atoms with Gasteiger partial charge in [-0.3, -0.25) is 4.79 Å². The monoisotopic (exact) mass is 410 g/mol. The number of hydrogen-bond donors (Lipinski definition) is 1. The van der Waals surface area contributed by atoms with Crippen molar-refractivity contribution < 1.29 is 17.9 Å². The zero-order chi connectivity index (χ0) is 20.0. The standard InChI is InChI=1S/C19H26N2O4S2/c1-5-21(14(2)12-16-6-8-17(25-4)9-7-16)27(23,24)19-11-10-18(26-19)13-20-15(3)22/h6-11,14H,5,12-13H2,1-4H3,(H,20,22). The van der Waals surface area contributed by atoms with E-state index in [4.69, 9.17) is 4.74 Å². The minimum atomic E-state index is -3.59. The van der Waals surface area contributed by atoms with Crippen LogP contribution in [-0.2, 0) is 27.8 Å². The van der Waals surface area contributed by atoms with Crippen LogP contribution in [0, 0.1) is 0 Å². The molecule has 2 rings (SSSR count). The van der Waals surface area contributed by atoms with E-state index >= 15 is 0 Å². The molecule has 148 valence electrons. The second kappa shape index (κ2) is 9.34. The molecule has 1 aromatic heterocycles. The van der Waals surface area contributed by atoms with Crippen molar-refractivity contribution >= 4 is 27.3 Å². The SMILES string of the molecule is CCN(C(C)Cc1ccc(OC)cc1)S(=O)(=O)c1ccc(CNC(C)=O)s1. The van der Waals surface area contributed by atoms with E-state index in [1.165, 1.54) is 22.6 Å². The molecule has 0 aliphatic carbocycles. The lowest BCUT2D eigenvalue weighted by molar-refractivity contribution is -0.119. The number of rotatable bonds is 9. The van der Waals surface area contributed by atoms with E-state index < -0.39 is 10.0 Å². The summed E-state index contributed by atoms with van der Waals surface area (Å²) in [6.45, 7) is 5.91. The zero-order valence-corrected chi connectivity index (χ0v) is 17.7. The fraction of sp³-hybridized carbons (Fsp3) is 0.421. The van der Waals surface area contributed by atoms with Gasteiger partial charge in [-0.05, 0) is 43.2 Å². The highest BCUT2D eigenvalue weighted by molar-refractivity contribution is 7.91. The Labute approximate surface area is 165 Å². The third kappa shape index (κ3) is 5.54. The summed E-state index contributed by atoms with van der Waals surface area (Å²) in [4.78, 5) is 11.8. The molecule has 0 aliphatic heterocycles. The molecule has 1 heterocycles. The lowest BCUT2D eigenvalue weighted by atomic mass is 10.1. The molecule has 6 nitrogen and oxygen atoms in total. The quantitative estimate of drug-likeness (QED) is 0.689. The Morgan fingerprint density at radius 3 is 2.44 bits per heavy atom. The molecule has 2 aromatic rings. The number of nitrogens with one attached hydrogen (secondary N) is 1. The van der Waals surface area contributed by atoms with Crippen LogP contribution in [-0.4, -0.2) is 38.3 Å². The minimum Gasteiger partial charge on any atom is -0.497 e. The van der Waals surface area contributed by atoms with E-state index in [9.17, 15) is 13.2 Å². The van der Waals surface area contributed by atoms with Gasteiger partial charge in [-0.1, -0.05) is 19.1 Å². The van der Waals surface area contributed by atoms with Gasteiger partial charge in [0.25, 0.3) is 10.0 Å². The first-order chi connectivity index (χ1) is 12.8. The molecule has 1 unspecified atom stereocenters. The summed E-state index contributed by atoms with van der Waals surface area (Å²) in [6.07, 6.45) is 0.612. The molecule has 27 heavy (non-hydrogen) atoms. The lowest BCUT2D eigenvalue weighted by Gasteiger charge is -2.26. The molecule has 1 amide bonds. The number of thiophene rings is 1. The second-order valence-electron chi connectivity index (χ2n) is 6.24. The predicted octanol–water partition coefficient (Wildman–Crippen LogP) is 3.03. The first kappa shape index (κ1) is 21.4. The fourth-order valence-electron chi connectivity index (χ4n) is 2.84. The maximum absolute atomic E-state index is 13.1. The Hall–Kier alpha value is -1.90. The molecule has 0 saturated heterocycles.